The molecule has 0 aliphatic heterocycles. The minimum absolute atomic E-state index is 0.133. The fourth-order valence-electron chi connectivity index (χ4n) is 1.37. The number of H-pyrrole nitrogens is 1. The molecule has 2 N–H and O–H groups in total. The number of nitrogens with one attached hydrogen (secondary N) is 2. The number of aromatic amines is 1. The number of alkyl halides is 2. The molecular weight excluding hydrogens is 230 g/mol. The molecule has 0 aliphatic rings. The Bertz CT molecular complexity index is 484. The molecule has 0 spiro atoms. The van der Waals surface area contributed by atoms with Gasteiger partial charge in [0.1, 0.15) is 11.4 Å². The predicted molar refractivity (Wildman–Crippen MR) is 55.1 cm³/mol. The summed E-state index contributed by atoms with van der Waals surface area (Å²) in [5.41, 5.74) is 0.421. The van der Waals surface area contributed by atoms with Crippen molar-refractivity contribution in [3.63, 3.8) is 0 Å². The van der Waals surface area contributed by atoms with Crippen molar-refractivity contribution in [2.45, 2.75) is 13.0 Å². The van der Waals surface area contributed by atoms with Crippen LogP contribution in [0, 0.1) is 0 Å². The summed E-state index contributed by atoms with van der Waals surface area (Å²) in [7, 11) is 1.67. The van der Waals surface area contributed by atoms with Crippen LogP contribution in [0.2, 0.25) is 0 Å². The van der Waals surface area contributed by atoms with Gasteiger partial charge in [-0.15, -0.1) is 0 Å². The second-order valence-corrected chi connectivity index (χ2v) is 3.29. The predicted octanol–water partition coefficient (Wildman–Crippen LogP) is 0.919. The fourth-order valence-corrected chi connectivity index (χ4v) is 1.37. The van der Waals surface area contributed by atoms with E-state index in [0.717, 1.165) is 0 Å². The maximum absolute atomic E-state index is 12.8. The summed E-state index contributed by atoms with van der Waals surface area (Å²) >= 11 is 0. The maximum Gasteiger partial charge on any atom is 0.280 e. The lowest BCUT2D eigenvalue weighted by atomic mass is 10.2. The number of aromatic nitrogens is 5. The Morgan fingerprint density at radius 2 is 2.24 bits per heavy atom. The van der Waals surface area contributed by atoms with Gasteiger partial charge >= 0.3 is 0 Å². The summed E-state index contributed by atoms with van der Waals surface area (Å²) in [6.07, 6.45) is 0.101. The molecule has 2 aromatic rings. The molecule has 0 fully saturated rings. The van der Waals surface area contributed by atoms with Gasteiger partial charge in [0.05, 0.1) is 6.20 Å². The lowest BCUT2D eigenvalue weighted by molar-refractivity contribution is 0.144. The van der Waals surface area contributed by atoms with Crippen LogP contribution in [0.1, 0.15) is 17.7 Å². The van der Waals surface area contributed by atoms with Gasteiger partial charge in [-0.3, -0.25) is 0 Å². The van der Waals surface area contributed by atoms with Crippen molar-refractivity contribution in [2.75, 3.05) is 7.05 Å². The molecule has 90 valence electrons. The number of rotatable bonds is 4. The van der Waals surface area contributed by atoms with E-state index < -0.39 is 6.43 Å². The molecule has 0 amide bonds. The minimum Gasteiger partial charge on any atom is -0.316 e. The van der Waals surface area contributed by atoms with Gasteiger partial charge in [-0.25, -0.2) is 18.7 Å². The Morgan fingerprint density at radius 1 is 1.41 bits per heavy atom. The molecule has 2 aromatic heterocycles. The van der Waals surface area contributed by atoms with Crippen molar-refractivity contribution >= 4 is 0 Å². The monoisotopic (exact) mass is 240 g/mol. The summed E-state index contributed by atoms with van der Waals surface area (Å²) in [5, 5.41) is 12.5. The zero-order valence-electron chi connectivity index (χ0n) is 8.98. The van der Waals surface area contributed by atoms with E-state index in [1.807, 2.05) is 0 Å². The van der Waals surface area contributed by atoms with Gasteiger partial charge in [0.25, 0.3) is 6.43 Å². The van der Waals surface area contributed by atoms with Gasteiger partial charge in [-0.1, -0.05) is 0 Å². The van der Waals surface area contributed by atoms with Crippen LogP contribution in [0.25, 0.3) is 11.5 Å². The first kappa shape index (κ1) is 11.5. The van der Waals surface area contributed by atoms with E-state index in [4.69, 9.17) is 0 Å². The Morgan fingerprint density at radius 3 is 2.82 bits per heavy atom. The fraction of sp³-hybridized carbons (Fsp3) is 0.333. The maximum atomic E-state index is 12.8. The Hall–Kier alpha value is -1.96. The lowest BCUT2D eigenvalue weighted by Gasteiger charge is -2.07. The van der Waals surface area contributed by atoms with Crippen LogP contribution < -0.4 is 5.32 Å². The average Bonchev–Trinajstić information content (AvgIpc) is 2.83. The summed E-state index contributed by atoms with van der Waals surface area (Å²) in [6.45, 7) is 0.290. The number of hydrogen-bond donors (Lipinski definition) is 2. The first-order valence-electron chi connectivity index (χ1n) is 4.87. The molecular formula is C9H10F2N6. The molecule has 0 saturated heterocycles. The lowest BCUT2D eigenvalue weighted by Crippen LogP contribution is -2.11. The molecule has 0 unspecified atom stereocenters. The highest BCUT2D eigenvalue weighted by Crippen LogP contribution is 2.22. The quantitative estimate of drug-likeness (QED) is 0.830. The van der Waals surface area contributed by atoms with Gasteiger partial charge in [0.15, 0.2) is 5.82 Å². The van der Waals surface area contributed by atoms with E-state index in [2.05, 4.69) is 30.7 Å². The first-order chi connectivity index (χ1) is 8.22. The second-order valence-electron chi connectivity index (χ2n) is 3.29. The zero-order chi connectivity index (χ0) is 12.3. The standard InChI is InChI=1S/C9H10F2N6/c1-12-2-5-3-13-9(6-4-14-17-16-6)15-7(5)8(10)11/h3-4,8,12H,2H2,1H3,(H,14,16,17). The first-order valence-corrected chi connectivity index (χ1v) is 4.87. The van der Waals surface area contributed by atoms with E-state index in [1.165, 1.54) is 12.4 Å². The summed E-state index contributed by atoms with van der Waals surface area (Å²) in [4.78, 5) is 7.79. The number of nitrogens with zero attached hydrogens (tertiary/aromatic N) is 4. The van der Waals surface area contributed by atoms with Crippen LogP contribution in [-0.2, 0) is 6.54 Å². The third-order valence-corrected chi connectivity index (χ3v) is 2.12. The average molecular weight is 240 g/mol. The smallest absolute Gasteiger partial charge is 0.280 e. The Kier molecular flexibility index (Phi) is 3.33. The van der Waals surface area contributed by atoms with E-state index in [-0.39, 0.29) is 11.5 Å². The van der Waals surface area contributed by atoms with Crippen molar-refractivity contribution in [3.8, 4) is 11.5 Å². The van der Waals surface area contributed by atoms with Crippen molar-refractivity contribution in [1.29, 1.82) is 0 Å². The zero-order valence-corrected chi connectivity index (χ0v) is 8.98. The SMILES string of the molecule is CNCc1cnc(-c2cn[nH]n2)nc1C(F)F. The molecule has 0 saturated carbocycles. The van der Waals surface area contributed by atoms with E-state index in [9.17, 15) is 8.78 Å². The van der Waals surface area contributed by atoms with Crippen LogP contribution >= 0.6 is 0 Å². The van der Waals surface area contributed by atoms with Crippen LogP contribution in [0.5, 0.6) is 0 Å². The molecule has 0 radical (unpaired) electrons. The molecule has 0 bridgehead atoms. The minimum atomic E-state index is -2.65. The Balaban J connectivity index is 2.42. The van der Waals surface area contributed by atoms with E-state index >= 15 is 0 Å². The number of hydrogen-bond acceptors (Lipinski definition) is 5. The van der Waals surface area contributed by atoms with E-state index in [1.54, 1.807) is 7.05 Å². The highest BCUT2D eigenvalue weighted by atomic mass is 19.3. The second kappa shape index (κ2) is 4.91. The van der Waals surface area contributed by atoms with Gasteiger partial charge in [-0.2, -0.15) is 15.4 Å². The van der Waals surface area contributed by atoms with Gasteiger partial charge in [-0.05, 0) is 7.05 Å². The molecule has 17 heavy (non-hydrogen) atoms. The Labute approximate surface area is 95.5 Å². The molecule has 0 aliphatic carbocycles. The summed E-state index contributed by atoms with van der Waals surface area (Å²) in [5.74, 6) is 0.133. The van der Waals surface area contributed by atoms with Crippen molar-refractivity contribution in [1.82, 2.24) is 30.7 Å². The van der Waals surface area contributed by atoms with Crippen LogP contribution in [0.3, 0.4) is 0 Å². The van der Waals surface area contributed by atoms with Gasteiger partial charge in [0.2, 0.25) is 0 Å². The molecule has 2 rings (SSSR count). The van der Waals surface area contributed by atoms with Crippen LogP contribution in [0.15, 0.2) is 12.4 Å². The molecule has 0 aromatic carbocycles. The third kappa shape index (κ3) is 2.41. The normalized spacial score (nSPS) is 11.1. The van der Waals surface area contributed by atoms with Crippen molar-refractivity contribution in [2.24, 2.45) is 0 Å². The third-order valence-electron chi connectivity index (χ3n) is 2.12. The van der Waals surface area contributed by atoms with Crippen molar-refractivity contribution < 1.29 is 8.78 Å². The van der Waals surface area contributed by atoms with E-state index in [0.29, 0.717) is 17.8 Å². The number of halogens is 2. The topological polar surface area (TPSA) is 79.4 Å². The van der Waals surface area contributed by atoms with Gasteiger partial charge < -0.3 is 5.32 Å². The molecule has 6 nitrogen and oxygen atoms in total. The molecule has 2 heterocycles. The molecule has 8 heteroatoms. The highest BCUT2D eigenvalue weighted by Gasteiger charge is 2.17. The van der Waals surface area contributed by atoms with Gasteiger partial charge in [0, 0.05) is 18.3 Å². The summed E-state index contributed by atoms with van der Waals surface area (Å²) < 4.78 is 25.6. The van der Waals surface area contributed by atoms with Crippen molar-refractivity contribution in [3.05, 3.63) is 23.7 Å². The largest absolute Gasteiger partial charge is 0.316 e. The highest BCUT2D eigenvalue weighted by molar-refractivity contribution is 5.47. The summed E-state index contributed by atoms with van der Waals surface area (Å²) in [6, 6.07) is 0. The molecule has 0 atom stereocenters. The van der Waals surface area contributed by atoms with Crippen LogP contribution in [-0.4, -0.2) is 32.4 Å². The van der Waals surface area contributed by atoms with Crippen LogP contribution in [0.4, 0.5) is 8.78 Å².